The molecule has 8 nitrogen and oxygen atoms in total. The van der Waals surface area contributed by atoms with E-state index in [2.05, 4.69) is 20.5 Å². The number of nitrogens with one attached hydrogen (secondary N) is 2. The molecule has 1 fully saturated rings. The van der Waals surface area contributed by atoms with Gasteiger partial charge in [0.15, 0.2) is 0 Å². The number of methoxy groups -OCH3 is 1. The summed E-state index contributed by atoms with van der Waals surface area (Å²) in [4.78, 5) is 28.7. The molecule has 0 radical (unpaired) electrons. The van der Waals surface area contributed by atoms with Gasteiger partial charge < -0.3 is 15.0 Å². The average molecular weight is 349 g/mol. The van der Waals surface area contributed by atoms with Crippen LogP contribution in [-0.4, -0.2) is 58.7 Å². The van der Waals surface area contributed by atoms with Crippen LogP contribution in [0.2, 0.25) is 0 Å². The third kappa shape index (κ3) is 4.66. The van der Waals surface area contributed by atoms with Crippen molar-refractivity contribution in [3.05, 3.63) is 11.6 Å². The molecular weight excluding hydrogens is 331 g/mol. The molecule has 24 heavy (non-hydrogen) atoms. The van der Waals surface area contributed by atoms with Crippen LogP contribution in [0, 0.1) is 5.92 Å². The fourth-order valence-corrected chi connectivity index (χ4v) is 2.36. The number of piperidine rings is 1. The number of carbonyl (C=O) groups excluding carboxylic acids is 2. The minimum atomic E-state index is -4.63. The van der Waals surface area contributed by atoms with E-state index in [9.17, 15) is 22.8 Å². The normalized spacial score (nSPS) is 18.8. The molecule has 0 aliphatic carbocycles. The molecule has 1 aromatic heterocycles. The first kappa shape index (κ1) is 18.2. The molecule has 1 aliphatic rings. The summed E-state index contributed by atoms with van der Waals surface area (Å²) in [5.41, 5.74) is 0. The number of likely N-dealkylation sites (tertiary alicyclic amines) is 1. The number of rotatable bonds is 6. The number of halogens is 3. The van der Waals surface area contributed by atoms with Gasteiger partial charge in [-0.15, -0.1) is 5.10 Å². The summed E-state index contributed by atoms with van der Waals surface area (Å²) < 4.78 is 42.1. The maximum atomic E-state index is 12.4. The van der Waals surface area contributed by atoms with E-state index in [1.165, 1.54) is 7.11 Å². The Bertz CT molecular complexity index is 590. The highest BCUT2D eigenvalue weighted by molar-refractivity contribution is 5.83. The van der Waals surface area contributed by atoms with Crippen molar-refractivity contribution >= 4 is 11.8 Å². The van der Waals surface area contributed by atoms with Crippen LogP contribution in [0.4, 0.5) is 13.2 Å². The van der Waals surface area contributed by atoms with E-state index >= 15 is 0 Å². The number of ether oxygens (including phenoxy) is 1. The van der Waals surface area contributed by atoms with Crippen LogP contribution < -0.4 is 5.32 Å². The second kappa shape index (κ2) is 7.60. The zero-order chi connectivity index (χ0) is 17.7. The Hall–Kier alpha value is -2.17. The van der Waals surface area contributed by atoms with Gasteiger partial charge in [-0.05, 0) is 6.42 Å². The minimum absolute atomic E-state index is 0.0406. The fraction of sp³-hybridized carbons (Fsp3) is 0.692. The van der Waals surface area contributed by atoms with Crippen molar-refractivity contribution in [2.45, 2.75) is 25.6 Å². The van der Waals surface area contributed by atoms with E-state index in [0.29, 0.717) is 19.6 Å². The van der Waals surface area contributed by atoms with Crippen molar-refractivity contribution in [2.24, 2.45) is 5.92 Å². The van der Waals surface area contributed by atoms with Gasteiger partial charge in [0, 0.05) is 26.6 Å². The van der Waals surface area contributed by atoms with Crippen LogP contribution in [0.5, 0.6) is 0 Å². The summed E-state index contributed by atoms with van der Waals surface area (Å²) in [6.07, 6.45) is -3.98. The molecule has 0 aromatic carbocycles. The van der Waals surface area contributed by atoms with Crippen LogP contribution in [0.3, 0.4) is 0 Å². The lowest BCUT2D eigenvalue weighted by Crippen LogP contribution is -2.46. The molecule has 0 spiro atoms. The molecule has 0 saturated carbocycles. The van der Waals surface area contributed by atoms with Gasteiger partial charge in [0.05, 0.1) is 19.1 Å². The van der Waals surface area contributed by atoms with Gasteiger partial charge in [-0.1, -0.05) is 0 Å². The first-order chi connectivity index (χ1) is 11.3. The molecule has 134 valence electrons. The lowest BCUT2D eigenvalue weighted by atomic mass is 9.96. The number of hydrogen-bond acceptors (Lipinski definition) is 5. The number of aromatic nitrogens is 3. The number of nitrogens with zero attached hydrogens (tertiary/aromatic N) is 3. The number of amides is 2. The predicted octanol–water partition coefficient (Wildman–Crippen LogP) is 0.325. The van der Waals surface area contributed by atoms with Crippen molar-refractivity contribution in [3.63, 3.8) is 0 Å². The standard InChI is InChI=1S/C13H18F3N5O3/c1-24-5-4-21-7-8(2-3-10(21)22)11(23)17-6-9-18-12(20-19-9)13(14,15)16/h8H,2-7H2,1H3,(H,17,23)(H,18,19,20)/t8-/m1/s1. The smallest absolute Gasteiger partial charge is 0.383 e. The Morgan fingerprint density at radius 1 is 1.50 bits per heavy atom. The monoisotopic (exact) mass is 349 g/mol. The van der Waals surface area contributed by atoms with E-state index in [1.807, 2.05) is 0 Å². The number of H-pyrrole nitrogens is 1. The van der Waals surface area contributed by atoms with Crippen molar-refractivity contribution in [3.8, 4) is 0 Å². The molecule has 0 unspecified atom stereocenters. The van der Waals surface area contributed by atoms with Crippen LogP contribution in [0.15, 0.2) is 0 Å². The molecule has 1 atom stereocenters. The number of alkyl halides is 3. The van der Waals surface area contributed by atoms with Gasteiger partial charge in [0.2, 0.25) is 11.8 Å². The molecule has 1 saturated heterocycles. The van der Waals surface area contributed by atoms with Gasteiger partial charge in [-0.3, -0.25) is 14.7 Å². The number of carbonyl (C=O) groups is 2. The molecule has 2 rings (SSSR count). The maximum absolute atomic E-state index is 12.4. The lowest BCUT2D eigenvalue weighted by molar-refractivity contribution is -0.144. The van der Waals surface area contributed by atoms with Crippen LogP contribution >= 0.6 is 0 Å². The van der Waals surface area contributed by atoms with E-state index < -0.39 is 17.9 Å². The Balaban J connectivity index is 1.86. The molecule has 11 heteroatoms. The zero-order valence-corrected chi connectivity index (χ0v) is 13.0. The zero-order valence-electron chi connectivity index (χ0n) is 13.0. The molecule has 1 aromatic rings. The predicted molar refractivity (Wildman–Crippen MR) is 74.4 cm³/mol. The number of hydrogen-bond donors (Lipinski definition) is 2. The largest absolute Gasteiger partial charge is 0.453 e. The maximum Gasteiger partial charge on any atom is 0.453 e. The first-order valence-corrected chi connectivity index (χ1v) is 7.34. The van der Waals surface area contributed by atoms with Gasteiger partial charge in [-0.2, -0.15) is 13.2 Å². The summed E-state index contributed by atoms with van der Waals surface area (Å²) >= 11 is 0. The average Bonchev–Trinajstić information content (AvgIpc) is 3.01. The van der Waals surface area contributed by atoms with E-state index in [4.69, 9.17) is 4.74 Å². The summed E-state index contributed by atoms with van der Waals surface area (Å²) in [5, 5.41) is 7.71. The molecule has 2 heterocycles. The Morgan fingerprint density at radius 3 is 2.88 bits per heavy atom. The molecule has 1 aliphatic heterocycles. The summed E-state index contributed by atoms with van der Waals surface area (Å²) in [7, 11) is 1.52. The van der Waals surface area contributed by atoms with Crippen molar-refractivity contribution < 1.29 is 27.5 Å². The summed E-state index contributed by atoms with van der Waals surface area (Å²) in [6.45, 7) is 0.844. The highest BCUT2D eigenvalue weighted by Crippen LogP contribution is 2.25. The van der Waals surface area contributed by atoms with Crippen molar-refractivity contribution in [1.29, 1.82) is 0 Å². The Labute approximate surface area is 135 Å². The first-order valence-electron chi connectivity index (χ1n) is 7.34. The highest BCUT2D eigenvalue weighted by atomic mass is 19.4. The molecule has 2 amide bonds. The Kier molecular flexibility index (Phi) is 5.75. The second-order valence-electron chi connectivity index (χ2n) is 5.39. The third-order valence-electron chi connectivity index (χ3n) is 3.65. The van der Waals surface area contributed by atoms with Crippen LogP contribution in [0.25, 0.3) is 0 Å². The molecule has 0 bridgehead atoms. The quantitative estimate of drug-likeness (QED) is 0.771. The van der Waals surface area contributed by atoms with Gasteiger partial charge in [0.25, 0.3) is 5.82 Å². The molecule has 2 N–H and O–H groups in total. The Morgan fingerprint density at radius 2 is 2.25 bits per heavy atom. The lowest BCUT2D eigenvalue weighted by Gasteiger charge is -2.31. The van der Waals surface area contributed by atoms with Gasteiger partial charge in [-0.25, -0.2) is 4.98 Å². The van der Waals surface area contributed by atoms with E-state index in [0.717, 1.165) is 0 Å². The van der Waals surface area contributed by atoms with Gasteiger partial charge in [0.1, 0.15) is 5.82 Å². The van der Waals surface area contributed by atoms with Gasteiger partial charge >= 0.3 is 6.18 Å². The minimum Gasteiger partial charge on any atom is -0.383 e. The number of aromatic amines is 1. The second-order valence-corrected chi connectivity index (χ2v) is 5.39. The van der Waals surface area contributed by atoms with E-state index in [-0.39, 0.29) is 37.1 Å². The summed E-state index contributed by atoms with van der Waals surface area (Å²) in [6, 6.07) is 0. The fourth-order valence-electron chi connectivity index (χ4n) is 2.36. The topological polar surface area (TPSA) is 100 Å². The van der Waals surface area contributed by atoms with E-state index in [1.54, 1.807) is 4.90 Å². The van der Waals surface area contributed by atoms with Crippen molar-refractivity contribution in [1.82, 2.24) is 25.4 Å². The van der Waals surface area contributed by atoms with Crippen LogP contribution in [0.1, 0.15) is 24.5 Å². The summed E-state index contributed by atoms with van der Waals surface area (Å²) in [5.74, 6) is -2.15. The molecular formula is C13H18F3N5O3. The highest BCUT2D eigenvalue weighted by Gasteiger charge is 2.36. The SMILES string of the molecule is COCCN1C[C@H](C(=O)NCc2nc(C(F)(F)F)n[nH]2)CCC1=O. The van der Waals surface area contributed by atoms with Crippen LogP contribution in [-0.2, 0) is 27.0 Å². The third-order valence-corrected chi connectivity index (χ3v) is 3.65. The van der Waals surface area contributed by atoms with Crippen molar-refractivity contribution in [2.75, 3.05) is 26.8 Å².